The highest BCUT2D eigenvalue weighted by molar-refractivity contribution is 7.07. The van der Waals surface area contributed by atoms with E-state index >= 15 is 0 Å². The second kappa shape index (κ2) is 9.60. The van der Waals surface area contributed by atoms with E-state index in [2.05, 4.69) is 0 Å². The van der Waals surface area contributed by atoms with E-state index in [1.165, 1.54) is 4.57 Å². The number of hydrogen-bond donors (Lipinski definition) is 0. The zero-order valence-electron chi connectivity index (χ0n) is 17.4. The normalized spacial score (nSPS) is 12.4. The molecule has 0 saturated carbocycles. The van der Waals surface area contributed by atoms with E-state index in [0.717, 1.165) is 16.9 Å². The van der Waals surface area contributed by atoms with Crippen LogP contribution in [0.2, 0.25) is 10.0 Å². The minimum Gasteiger partial charge on any atom is -0.288 e. The number of nitriles is 1. The second-order valence-electron chi connectivity index (χ2n) is 7.16. The van der Waals surface area contributed by atoms with Crippen LogP contribution in [0.3, 0.4) is 0 Å². The molecule has 3 aromatic carbocycles. The van der Waals surface area contributed by atoms with E-state index in [4.69, 9.17) is 23.2 Å². The first kappa shape index (κ1) is 22.8. The molecule has 0 atom stereocenters. The van der Waals surface area contributed by atoms with Gasteiger partial charge in [-0.25, -0.2) is 0 Å². The average molecular weight is 491 g/mol. The summed E-state index contributed by atoms with van der Waals surface area (Å²) in [4.78, 5) is 26.8. The van der Waals surface area contributed by atoms with Gasteiger partial charge in [0.1, 0.15) is 16.3 Å². The Morgan fingerprint density at radius 1 is 0.970 bits per heavy atom. The monoisotopic (exact) mass is 490 g/mol. The summed E-state index contributed by atoms with van der Waals surface area (Å²) >= 11 is 13.7. The lowest BCUT2D eigenvalue weighted by Crippen LogP contribution is -2.32. The number of Topliss-reactive ketones (excluding diaryl/α,β-unsaturated/α-hetero) is 1. The SMILES string of the molecule is Cc1ccccc1-n1c(=C(C#N)C(=O)c2ccccc2)sc(=Cc2c(Cl)cccc2Cl)c1=O. The molecule has 0 aliphatic heterocycles. The van der Waals surface area contributed by atoms with Crippen molar-refractivity contribution >= 4 is 52.0 Å². The standard InChI is InChI=1S/C26H16Cl2N2O2S/c1-16-8-5-6-13-22(16)30-25(32)23(14-18-20(27)11-7-12-21(18)28)33-26(30)19(15-29)24(31)17-9-3-2-4-10-17/h2-14H,1H3. The Bertz CT molecular complexity index is 1580. The van der Waals surface area contributed by atoms with Crippen molar-refractivity contribution in [1.29, 1.82) is 5.26 Å². The predicted octanol–water partition coefficient (Wildman–Crippen LogP) is 4.90. The molecule has 1 heterocycles. The van der Waals surface area contributed by atoms with Gasteiger partial charge in [-0.05, 0) is 36.8 Å². The van der Waals surface area contributed by atoms with Gasteiger partial charge in [0.2, 0.25) is 5.78 Å². The largest absolute Gasteiger partial charge is 0.288 e. The first-order chi connectivity index (χ1) is 15.9. The summed E-state index contributed by atoms with van der Waals surface area (Å²) in [6.07, 6.45) is 1.60. The summed E-state index contributed by atoms with van der Waals surface area (Å²) in [6, 6.07) is 22.9. The number of carbonyl (C=O) groups is 1. The van der Waals surface area contributed by atoms with E-state index in [1.807, 2.05) is 25.1 Å². The quantitative estimate of drug-likeness (QED) is 0.382. The Labute approximate surface area is 203 Å². The van der Waals surface area contributed by atoms with Gasteiger partial charge in [0.25, 0.3) is 5.56 Å². The van der Waals surface area contributed by atoms with Gasteiger partial charge in [-0.15, -0.1) is 11.3 Å². The van der Waals surface area contributed by atoms with Crippen molar-refractivity contribution in [3.8, 4) is 11.8 Å². The van der Waals surface area contributed by atoms with Crippen molar-refractivity contribution in [3.63, 3.8) is 0 Å². The van der Waals surface area contributed by atoms with E-state index in [-0.39, 0.29) is 15.8 Å². The lowest BCUT2D eigenvalue weighted by molar-refractivity contribution is 0.105. The maximum Gasteiger partial charge on any atom is 0.273 e. The number of aryl methyl sites for hydroxylation is 1. The van der Waals surface area contributed by atoms with E-state index in [9.17, 15) is 14.9 Å². The topological polar surface area (TPSA) is 62.9 Å². The fourth-order valence-corrected chi connectivity index (χ4v) is 4.98. The summed E-state index contributed by atoms with van der Waals surface area (Å²) in [5.41, 5.74) is 1.80. The summed E-state index contributed by atoms with van der Waals surface area (Å²) < 4.78 is 1.97. The molecule has 0 unspecified atom stereocenters. The third kappa shape index (κ3) is 4.42. The van der Waals surface area contributed by atoms with Crippen molar-refractivity contribution in [3.05, 3.63) is 119 Å². The highest BCUT2D eigenvalue weighted by Gasteiger charge is 2.19. The Morgan fingerprint density at radius 2 is 1.61 bits per heavy atom. The molecule has 4 nitrogen and oxygen atoms in total. The first-order valence-corrected chi connectivity index (χ1v) is 11.5. The molecule has 0 amide bonds. The Morgan fingerprint density at radius 3 is 2.24 bits per heavy atom. The number of nitrogens with zero attached hydrogens (tertiary/aromatic N) is 2. The number of rotatable bonds is 4. The highest BCUT2D eigenvalue weighted by atomic mass is 35.5. The van der Waals surface area contributed by atoms with Crippen LogP contribution in [0, 0.1) is 18.3 Å². The van der Waals surface area contributed by atoms with Gasteiger partial charge < -0.3 is 0 Å². The van der Waals surface area contributed by atoms with Gasteiger partial charge >= 0.3 is 0 Å². The molecule has 0 saturated heterocycles. The van der Waals surface area contributed by atoms with Crippen molar-refractivity contribution in [2.45, 2.75) is 6.92 Å². The number of thiazole rings is 1. The summed E-state index contributed by atoms with van der Waals surface area (Å²) in [5.74, 6) is -0.455. The van der Waals surface area contributed by atoms with Gasteiger partial charge in [0.15, 0.2) is 0 Å². The predicted molar refractivity (Wildman–Crippen MR) is 134 cm³/mol. The van der Waals surface area contributed by atoms with Crippen LogP contribution < -0.4 is 14.8 Å². The Balaban J connectivity index is 2.13. The zero-order chi connectivity index (χ0) is 23.5. The number of benzene rings is 3. The highest BCUT2D eigenvalue weighted by Crippen LogP contribution is 2.24. The molecular weight excluding hydrogens is 475 g/mol. The molecule has 33 heavy (non-hydrogen) atoms. The van der Waals surface area contributed by atoms with Crippen molar-refractivity contribution in [1.82, 2.24) is 4.57 Å². The van der Waals surface area contributed by atoms with Gasteiger partial charge in [-0.1, -0.05) is 77.8 Å². The maximum atomic E-state index is 13.6. The first-order valence-electron chi connectivity index (χ1n) is 9.90. The van der Waals surface area contributed by atoms with Gasteiger partial charge in [0.05, 0.1) is 10.2 Å². The van der Waals surface area contributed by atoms with Crippen LogP contribution in [0.15, 0.2) is 77.6 Å². The number of carbonyl (C=O) groups excluding carboxylic acids is 1. The van der Waals surface area contributed by atoms with E-state index < -0.39 is 5.78 Å². The van der Waals surface area contributed by atoms with Gasteiger partial charge in [-0.2, -0.15) is 5.26 Å². The van der Waals surface area contributed by atoms with Crippen molar-refractivity contribution in [2.24, 2.45) is 0 Å². The molecular formula is C26H16Cl2N2O2S. The minimum absolute atomic E-state index is 0.114. The summed E-state index contributed by atoms with van der Waals surface area (Å²) in [7, 11) is 0. The average Bonchev–Trinajstić information content (AvgIpc) is 3.13. The van der Waals surface area contributed by atoms with Crippen LogP contribution in [0.4, 0.5) is 0 Å². The fraction of sp³-hybridized carbons (Fsp3) is 0.0385. The van der Waals surface area contributed by atoms with E-state index in [1.54, 1.807) is 66.7 Å². The second-order valence-corrected chi connectivity index (χ2v) is 9.01. The van der Waals surface area contributed by atoms with Crippen LogP contribution >= 0.6 is 34.5 Å². The molecule has 7 heteroatoms. The smallest absolute Gasteiger partial charge is 0.273 e. The van der Waals surface area contributed by atoms with Gasteiger partial charge in [-0.3, -0.25) is 14.2 Å². The van der Waals surface area contributed by atoms with Crippen LogP contribution in [-0.2, 0) is 0 Å². The minimum atomic E-state index is -0.455. The molecule has 0 radical (unpaired) electrons. The molecule has 4 rings (SSSR count). The molecule has 0 aliphatic carbocycles. The molecule has 0 fully saturated rings. The lowest BCUT2D eigenvalue weighted by atomic mass is 10.1. The number of ketones is 1. The Hall–Kier alpha value is -3.43. The molecule has 162 valence electrons. The van der Waals surface area contributed by atoms with Gasteiger partial charge in [0, 0.05) is 21.2 Å². The summed E-state index contributed by atoms with van der Waals surface area (Å²) in [5, 5.41) is 10.7. The van der Waals surface area contributed by atoms with Crippen LogP contribution in [0.5, 0.6) is 0 Å². The lowest BCUT2D eigenvalue weighted by Gasteiger charge is -2.07. The fourth-order valence-electron chi connectivity index (χ4n) is 3.39. The molecule has 0 spiro atoms. The van der Waals surface area contributed by atoms with Crippen LogP contribution in [0.25, 0.3) is 17.3 Å². The number of para-hydroxylation sites is 1. The van der Waals surface area contributed by atoms with Crippen molar-refractivity contribution in [2.75, 3.05) is 0 Å². The van der Waals surface area contributed by atoms with Crippen LogP contribution in [0.1, 0.15) is 21.5 Å². The van der Waals surface area contributed by atoms with Crippen LogP contribution in [-0.4, -0.2) is 10.4 Å². The molecule has 4 aromatic rings. The summed E-state index contributed by atoms with van der Waals surface area (Å²) in [6.45, 7) is 1.86. The zero-order valence-corrected chi connectivity index (χ0v) is 19.7. The third-order valence-corrected chi connectivity index (χ3v) is 6.80. The third-order valence-electron chi connectivity index (χ3n) is 5.04. The number of halogens is 2. The molecule has 0 N–H and O–H groups in total. The molecule has 0 bridgehead atoms. The Kier molecular flexibility index (Phi) is 6.62. The number of aromatic nitrogens is 1. The molecule has 1 aromatic heterocycles. The molecule has 0 aliphatic rings. The maximum absolute atomic E-state index is 13.6. The van der Waals surface area contributed by atoms with E-state index in [0.29, 0.717) is 31.4 Å². The van der Waals surface area contributed by atoms with Crippen molar-refractivity contribution < 1.29 is 4.79 Å². The number of hydrogen-bond acceptors (Lipinski definition) is 4.